The molecule has 1 saturated carbocycles. The Morgan fingerprint density at radius 3 is 2.76 bits per heavy atom. The Labute approximate surface area is 147 Å². The van der Waals surface area contributed by atoms with Crippen LogP contribution in [0.1, 0.15) is 69.0 Å². The molecule has 2 aromatic heterocycles. The molecular weight excluding hydrogens is 318 g/mol. The van der Waals surface area contributed by atoms with Crippen molar-refractivity contribution < 1.29 is 5.11 Å². The van der Waals surface area contributed by atoms with Gasteiger partial charge in [0.05, 0.1) is 12.7 Å². The van der Waals surface area contributed by atoms with Crippen LogP contribution in [0.5, 0.6) is 0 Å². The van der Waals surface area contributed by atoms with Crippen LogP contribution in [0.25, 0.3) is 0 Å². The monoisotopic (exact) mass is 345 g/mol. The van der Waals surface area contributed by atoms with E-state index in [0.29, 0.717) is 24.7 Å². The number of β-amino-alcohol motifs (C(OH)–C–C–N with tert-alkyl or cyclic N) is 1. The normalized spacial score (nSPS) is 25.0. The first-order valence-electron chi connectivity index (χ1n) is 9.24. The van der Waals surface area contributed by atoms with Gasteiger partial charge in [-0.05, 0) is 53.0 Å². The lowest BCUT2D eigenvalue weighted by Gasteiger charge is -2.37. The Morgan fingerprint density at radius 1 is 1.28 bits per heavy atom. The Bertz CT molecular complexity index is 748. The van der Waals surface area contributed by atoms with Gasteiger partial charge >= 0.3 is 0 Å². The molecule has 1 saturated heterocycles. The van der Waals surface area contributed by atoms with Gasteiger partial charge in [0.1, 0.15) is 22.9 Å². The molecule has 0 spiro atoms. The second-order valence-corrected chi connectivity index (χ2v) is 7.79. The van der Waals surface area contributed by atoms with E-state index < -0.39 is 5.60 Å². The highest BCUT2D eigenvalue weighted by atomic mass is 16.3. The first-order valence-corrected chi connectivity index (χ1v) is 9.24. The summed E-state index contributed by atoms with van der Waals surface area (Å²) in [5, 5.41) is 28.2. The summed E-state index contributed by atoms with van der Waals surface area (Å²) in [6, 6.07) is 0.809. The van der Waals surface area contributed by atoms with E-state index in [4.69, 9.17) is 0 Å². The van der Waals surface area contributed by atoms with Crippen LogP contribution in [0.15, 0.2) is 6.20 Å². The Kier molecular flexibility index (Phi) is 4.11. The minimum absolute atomic E-state index is 0.240. The van der Waals surface area contributed by atoms with E-state index in [0.717, 1.165) is 31.2 Å². The smallest absolute Gasteiger partial charge is 0.147 e. The standard InChI is InChI=1S/C17H27N7O/c1-12(2)23-9-15(19-21-23)17(25)7-4-8-22(11-17)10-16-20-18-13(3)24(16)14-5-6-14/h9,12,14,25H,4-8,10-11H2,1-3H3/t17-/m0/s1. The van der Waals surface area contributed by atoms with Crippen molar-refractivity contribution in [2.75, 3.05) is 13.1 Å². The molecule has 3 heterocycles. The van der Waals surface area contributed by atoms with Crippen LogP contribution in [0.4, 0.5) is 0 Å². The van der Waals surface area contributed by atoms with Crippen LogP contribution in [0.3, 0.4) is 0 Å². The molecule has 1 aliphatic carbocycles. The van der Waals surface area contributed by atoms with Crippen molar-refractivity contribution in [2.45, 2.75) is 70.7 Å². The summed E-state index contributed by atoms with van der Waals surface area (Å²) < 4.78 is 4.07. The van der Waals surface area contributed by atoms with Gasteiger partial charge in [-0.15, -0.1) is 15.3 Å². The molecule has 0 radical (unpaired) electrons. The van der Waals surface area contributed by atoms with E-state index in [2.05, 4.69) is 43.8 Å². The Balaban J connectivity index is 1.50. The fourth-order valence-corrected chi connectivity index (χ4v) is 3.74. The molecule has 0 unspecified atom stereocenters. The fraction of sp³-hybridized carbons (Fsp3) is 0.765. The number of rotatable bonds is 5. The number of piperidine rings is 1. The highest BCUT2D eigenvalue weighted by Gasteiger charge is 2.38. The zero-order chi connectivity index (χ0) is 17.6. The maximum Gasteiger partial charge on any atom is 0.147 e. The predicted molar refractivity (Wildman–Crippen MR) is 91.8 cm³/mol. The zero-order valence-corrected chi connectivity index (χ0v) is 15.3. The molecule has 2 aliphatic rings. The molecule has 25 heavy (non-hydrogen) atoms. The summed E-state index contributed by atoms with van der Waals surface area (Å²) >= 11 is 0. The summed E-state index contributed by atoms with van der Waals surface area (Å²) in [4.78, 5) is 2.26. The van der Waals surface area contributed by atoms with Gasteiger partial charge in [0.15, 0.2) is 0 Å². The number of aromatic nitrogens is 6. The van der Waals surface area contributed by atoms with Gasteiger partial charge in [-0.1, -0.05) is 5.21 Å². The first kappa shape index (κ1) is 16.7. The maximum absolute atomic E-state index is 11.2. The molecule has 8 heteroatoms. The predicted octanol–water partition coefficient (Wildman–Crippen LogP) is 1.58. The molecule has 1 atom stereocenters. The average Bonchev–Trinajstić information content (AvgIpc) is 3.13. The van der Waals surface area contributed by atoms with E-state index in [1.54, 1.807) is 4.68 Å². The van der Waals surface area contributed by atoms with Gasteiger partial charge < -0.3 is 9.67 Å². The third-order valence-electron chi connectivity index (χ3n) is 5.28. The van der Waals surface area contributed by atoms with Crippen molar-refractivity contribution >= 4 is 0 Å². The number of aliphatic hydroxyl groups is 1. The summed E-state index contributed by atoms with van der Waals surface area (Å²) in [5.74, 6) is 2.00. The molecule has 0 amide bonds. The molecule has 136 valence electrons. The summed E-state index contributed by atoms with van der Waals surface area (Å²) in [6.07, 6.45) is 5.96. The van der Waals surface area contributed by atoms with E-state index in [1.807, 2.05) is 13.1 Å². The van der Waals surface area contributed by atoms with Gasteiger partial charge in [0, 0.05) is 18.6 Å². The summed E-state index contributed by atoms with van der Waals surface area (Å²) in [5.41, 5.74) is -0.268. The molecular formula is C17H27N7O. The molecule has 2 aromatic rings. The molecule has 4 rings (SSSR count). The summed E-state index contributed by atoms with van der Waals surface area (Å²) in [7, 11) is 0. The van der Waals surface area contributed by atoms with Gasteiger partial charge in [0.2, 0.25) is 0 Å². The highest BCUT2D eigenvalue weighted by Crippen LogP contribution is 2.37. The SMILES string of the molecule is Cc1nnc(CN2CCC[C@@](O)(c3cn(C(C)C)nn3)C2)n1C1CC1. The lowest BCUT2D eigenvalue weighted by atomic mass is 9.90. The molecule has 2 fully saturated rings. The van der Waals surface area contributed by atoms with Gasteiger partial charge in [0.25, 0.3) is 0 Å². The zero-order valence-electron chi connectivity index (χ0n) is 15.3. The molecule has 1 N–H and O–H groups in total. The van der Waals surface area contributed by atoms with Crippen LogP contribution in [-0.2, 0) is 12.1 Å². The van der Waals surface area contributed by atoms with Crippen LogP contribution in [0.2, 0.25) is 0 Å². The molecule has 8 nitrogen and oxygen atoms in total. The number of likely N-dealkylation sites (tertiary alicyclic amines) is 1. The topological polar surface area (TPSA) is 84.9 Å². The second kappa shape index (κ2) is 6.17. The van der Waals surface area contributed by atoms with Gasteiger partial charge in [-0.2, -0.15) is 0 Å². The quantitative estimate of drug-likeness (QED) is 0.885. The van der Waals surface area contributed by atoms with Crippen molar-refractivity contribution in [1.29, 1.82) is 0 Å². The molecule has 0 aromatic carbocycles. The third kappa shape index (κ3) is 3.20. The van der Waals surface area contributed by atoms with Crippen molar-refractivity contribution in [3.63, 3.8) is 0 Å². The van der Waals surface area contributed by atoms with Crippen LogP contribution < -0.4 is 0 Å². The summed E-state index contributed by atoms with van der Waals surface area (Å²) in [6.45, 7) is 8.37. The number of nitrogens with zero attached hydrogens (tertiary/aromatic N) is 7. The van der Waals surface area contributed by atoms with Gasteiger partial charge in [-0.3, -0.25) is 4.90 Å². The number of hydrogen-bond acceptors (Lipinski definition) is 6. The number of hydrogen-bond donors (Lipinski definition) is 1. The van der Waals surface area contributed by atoms with E-state index in [-0.39, 0.29) is 6.04 Å². The molecule has 0 bridgehead atoms. The van der Waals surface area contributed by atoms with Crippen molar-refractivity contribution in [2.24, 2.45) is 0 Å². The average molecular weight is 345 g/mol. The van der Waals surface area contributed by atoms with Crippen molar-refractivity contribution in [3.05, 3.63) is 23.5 Å². The van der Waals surface area contributed by atoms with Crippen LogP contribution in [-0.4, -0.2) is 52.9 Å². The van der Waals surface area contributed by atoms with E-state index in [9.17, 15) is 5.11 Å². The van der Waals surface area contributed by atoms with E-state index in [1.165, 1.54) is 12.8 Å². The van der Waals surface area contributed by atoms with Crippen molar-refractivity contribution in [1.82, 2.24) is 34.7 Å². The number of aryl methyl sites for hydroxylation is 1. The molecule has 1 aliphatic heterocycles. The van der Waals surface area contributed by atoms with E-state index >= 15 is 0 Å². The van der Waals surface area contributed by atoms with Crippen LogP contribution >= 0.6 is 0 Å². The Hall–Kier alpha value is -1.80. The van der Waals surface area contributed by atoms with Crippen LogP contribution in [0, 0.1) is 6.92 Å². The maximum atomic E-state index is 11.2. The lowest BCUT2D eigenvalue weighted by Crippen LogP contribution is -2.46. The minimum Gasteiger partial charge on any atom is -0.382 e. The fourth-order valence-electron chi connectivity index (χ4n) is 3.74. The minimum atomic E-state index is -0.940. The lowest BCUT2D eigenvalue weighted by molar-refractivity contribution is -0.0423. The van der Waals surface area contributed by atoms with Gasteiger partial charge in [-0.25, -0.2) is 4.68 Å². The second-order valence-electron chi connectivity index (χ2n) is 7.79. The third-order valence-corrected chi connectivity index (χ3v) is 5.28. The van der Waals surface area contributed by atoms with Crippen molar-refractivity contribution in [3.8, 4) is 0 Å². The first-order chi connectivity index (χ1) is 12.0. The largest absolute Gasteiger partial charge is 0.382 e. The highest BCUT2D eigenvalue weighted by molar-refractivity contribution is 5.10. The Morgan fingerprint density at radius 2 is 2.08 bits per heavy atom.